The van der Waals surface area contributed by atoms with Gasteiger partial charge in [0.05, 0.1) is 11.9 Å². The monoisotopic (exact) mass is 335 g/mol. The Labute approximate surface area is 126 Å². The number of hydrogen-bond acceptors (Lipinski definition) is 4. The van der Waals surface area contributed by atoms with E-state index in [2.05, 4.69) is 4.72 Å². The Hall–Kier alpha value is -1.16. The first-order chi connectivity index (χ1) is 9.55. The highest BCUT2D eigenvalue weighted by Crippen LogP contribution is 2.21. The van der Waals surface area contributed by atoms with Gasteiger partial charge in [-0.25, -0.2) is 13.1 Å². The molecular weight excluding hydrogens is 314 g/mol. The average molecular weight is 335 g/mol. The number of nitrogens with zero attached hydrogens (tertiary/aromatic N) is 2. The molecular formula is C12H21N3O4S2. The molecule has 7 nitrogen and oxygen atoms in total. The van der Waals surface area contributed by atoms with Crippen LogP contribution in [0, 0.1) is 6.92 Å². The van der Waals surface area contributed by atoms with E-state index in [1.165, 1.54) is 18.4 Å². The molecule has 1 rings (SSSR count). The van der Waals surface area contributed by atoms with Crippen molar-refractivity contribution in [3.8, 4) is 0 Å². The number of para-hydroxylation sites is 1. The molecule has 9 heteroatoms. The first-order valence-corrected chi connectivity index (χ1v) is 9.55. The Morgan fingerprint density at radius 2 is 1.67 bits per heavy atom. The second kappa shape index (κ2) is 6.73. The van der Waals surface area contributed by atoms with Crippen molar-refractivity contribution in [2.75, 3.05) is 37.7 Å². The third kappa shape index (κ3) is 4.95. The number of nitrogens with one attached hydrogen (secondary N) is 1. The highest BCUT2D eigenvalue weighted by molar-refractivity contribution is 7.92. The molecule has 0 fully saturated rings. The van der Waals surface area contributed by atoms with E-state index < -0.39 is 20.2 Å². The molecule has 0 amide bonds. The summed E-state index contributed by atoms with van der Waals surface area (Å²) in [7, 11) is -4.26. The van der Waals surface area contributed by atoms with Crippen molar-refractivity contribution in [1.29, 1.82) is 0 Å². The molecule has 1 aromatic carbocycles. The van der Waals surface area contributed by atoms with E-state index >= 15 is 0 Å². The van der Waals surface area contributed by atoms with Gasteiger partial charge in [0.15, 0.2) is 0 Å². The van der Waals surface area contributed by atoms with Crippen LogP contribution in [0.15, 0.2) is 24.3 Å². The Bertz CT molecular complexity index is 684. The summed E-state index contributed by atoms with van der Waals surface area (Å²) in [5, 5.41) is 0. The van der Waals surface area contributed by atoms with Crippen LogP contribution in [0.5, 0.6) is 0 Å². The van der Waals surface area contributed by atoms with Crippen molar-refractivity contribution in [3.05, 3.63) is 29.8 Å². The van der Waals surface area contributed by atoms with Gasteiger partial charge in [-0.15, -0.1) is 0 Å². The molecule has 1 N–H and O–H groups in total. The predicted octanol–water partition coefficient (Wildman–Crippen LogP) is 0.157. The Morgan fingerprint density at radius 1 is 1.10 bits per heavy atom. The first kappa shape index (κ1) is 17.9. The number of benzene rings is 1. The maximum absolute atomic E-state index is 11.9. The van der Waals surface area contributed by atoms with Crippen molar-refractivity contribution in [1.82, 2.24) is 9.03 Å². The van der Waals surface area contributed by atoms with Gasteiger partial charge in [0, 0.05) is 27.2 Å². The second-order valence-corrected chi connectivity index (χ2v) is 8.68. The van der Waals surface area contributed by atoms with Gasteiger partial charge >= 0.3 is 0 Å². The minimum atomic E-state index is -3.57. The van der Waals surface area contributed by atoms with E-state index in [0.29, 0.717) is 5.69 Å². The van der Waals surface area contributed by atoms with Crippen LogP contribution in [0.4, 0.5) is 5.69 Å². The molecule has 0 heterocycles. The summed E-state index contributed by atoms with van der Waals surface area (Å²) < 4.78 is 51.6. The molecule has 0 saturated carbocycles. The average Bonchev–Trinajstić information content (AvgIpc) is 2.34. The minimum Gasteiger partial charge on any atom is -0.269 e. The molecule has 0 radical (unpaired) electrons. The summed E-state index contributed by atoms with van der Waals surface area (Å²) in [6, 6.07) is 7.05. The molecule has 120 valence electrons. The molecule has 1 aromatic rings. The summed E-state index contributed by atoms with van der Waals surface area (Å²) in [4.78, 5) is 0. The summed E-state index contributed by atoms with van der Waals surface area (Å²) in [6.45, 7) is 1.82. The fourth-order valence-corrected chi connectivity index (χ4v) is 3.31. The first-order valence-electron chi connectivity index (χ1n) is 6.26. The minimum absolute atomic E-state index is 0.0120. The van der Waals surface area contributed by atoms with E-state index in [-0.39, 0.29) is 13.1 Å². The summed E-state index contributed by atoms with van der Waals surface area (Å²) in [5.74, 6) is 0. The lowest BCUT2D eigenvalue weighted by Gasteiger charge is -2.24. The van der Waals surface area contributed by atoms with Gasteiger partial charge in [0.25, 0.3) is 10.2 Å². The van der Waals surface area contributed by atoms with E-state index in [9.17, 15) is 16.8 Å². The Kier molecular flexibility index (Phi) is 5.74. The van der Waals surface area contributed by atoms with Gasteiger partial charge in [-0.05, 0) is 18.6 Å². The number of rotatable bonds is 7. The molecule has 0 bridgehead atoms. The third-order valence-electron chi connectivity index (χ3n) is 2.86. The van der Waals surface area contributed by atoms with Gasteiger partial charge in [-0.2, -0.15) is 12.7 Å². The van der Waals surface area contributed by atoms with Gasteiger partial charge < -0.3 is 0 Å². The normalized spacial score (nSPS) is 12.6. The van der Waals surface area contributed by atoms with Crippen LogP contribution >= 0.6 is 0 Å². The zero-order valence-corrected chi connectivity index (χ0v) is 14.2. The van der Waals surface area contributed by atoms with Crippen molar-refractivity contribution < 1.29 is 16.8 Å². The van der Waals surface area contributed by atoms with Crippen molar-refractivity contribution in [3.63, 3.8) is 0 Å². The number of sulfonamides is 1. The molecule has 0 aliphatic rings. The summed E-state index contributed by atoms with van der Waals surface area (Å²) in [5.41, 5.74) is 1.35. The fraction of sp³-hybridized carbons (Fsp3) is 0.500. The number of aryl methyl sites for hydroxylation is 1. The van der Waals surface area contributed by atoms with Crippen LogP contribution in [0.3, 0.4) is 0 Å². The molecule has 0 aromatic heterocycles. The zero-order chi connectivity index (χ0) is 16.3. The largest absolute Gasteiger partial charge is 0.278 e. The summed E-state index contributed by atoms with van der Waals surface area (Å²) >= 11 is 0. The van der Waals surface area contributed by atoms with E-state index in [1.807, 2.05) is 6.07 Å². The molecule has 0 spiro atoms. The zero-order valence-electron chi connectivity index (χ0n) is 12.6. The maximum Gasteiger partial charge on any atom is 0.278 e. The Morgan fingerprint density at radius 3 is 2.14 bits per heavy atom. The van der Waals surface area contributed by atoms with Gasteiger partial charge in [0.1, 0.15) is 0 Å². The maximum atomic E-state index is 11.9. The van der Waals surface area contributed by atoms with Crippen LogP contribution in [0.1, 0.15) is 5.56 Å². The topological polar surface area (TPSA) is 86.8 Å². The van der Waals surface area contributed by atoms with Crippen LogP contribution in [0.2, 0.25) is 0 Å². The van der Waals surface area contributed by atoms with Crippen molar-refractivity contribution in [2.45, 2.75) is 6.92 Å². The highest BCUT2D eigenvalue weighted by atomic mass is 32.2. The summed E-state index contributed by atoms with van der Waals surface area (Å²) in [6.07, 6.45) is 1.10. The lowest BCUT2D eigenvalue weighted by Crippen LogP contribution is -2.42. The van der Waals surface area contributed by atoms with Crippen LogP contribution in [-0.4, -0.2) is 54.6 Å². The molecule has 0 unspecified atom stereocenters. The Balaban J connectivity index is 2.91. The molecule has 0 aliphatic heterocycles. The molecule has 0 atom stereocenters. The molecule has 0 aliphatic carbocycles. The number of anilines is 1. The van der Waals surface area contributed by atoms with Gasteiger partial charge in [-0.3, -0.25) is 4.31 Å². The molecule has 21 heavy (non-hydrogen) atoms. The van der Waals surface area contributed by atoms with E-state index in [0.717, 1.165) is 16.1 Å². The highest BCUT2D eigenvalue weighted by Gasteiger charge is 2.20. The second-order valence-electron chi connectivity index (χ2n) is 4.80. The van der Waals surface area contributed by atoms with Crippen LogP contribution in [0.25, 0.3) is 0 Å². The fourth-order valence-electron chi connectivity index (χ4n) is 1.71. The number of hydrogen-bond donors (Lipinski definition) is 1. The molecule has 0 saturated heterocycles. The van der Waals surface area contributed by atoms with Crippen molar-refractivity contribution >= 4 is 25.9 Å². The van der Waals surface area contributed by atoms with Gasteiger partial charge in [0.2, 0.25) is 10.0 Å². The third-order valence-corrected chi connectivity index (χ3v) is 5.57. The quantitative estimate of drug-likeness (QED) is 0.769. The van der Waals surface area contributed by atoms with E-state index in [1.54, 1.807) is 25.1 Å². The SMILES string of the molecule is Cc1ccccc1N(CCNS(=O)(=O)N(C)C)S(C)(=O)=O. The van der Waals surface area contributed by atoms with Crippen molar-refractivity contribution in [2.24, 2.45) is 0 Å². The van der Waals surface area contributed by atoms with Crippen LogP contribution in [-0.2, 0) is 20.2 Å². The standard InChI is InChI=1S/C12H21N3O4S2/c1-11-7-5-6-8-12(11)15(20(4,16)17)10-9-13-21(18,19)14(2)3/h5-8,13H,9-10H2,1-4H3. The van der Waals surface area contributed by atoms with Crippen LogP contribution < -0.4 is 9.03 Å². The predicted molar refractivity (Wildman–Crippen MR) is 84.0 cm³/mol. The lowest BCUT2D eigenvalue weighted by molar-refractivity contribution is 0.506. The van der Waals surface area contributed by atoms with Gasteiger partial charge in [-0.1, -0.05) is 18.2 Å². The smallest absolute Gasteiger partial charge is 0.269 e. The lowest BCUT2D eigenvalue weighted by atomic mass is 10.2. The van der Waals surface area contributed by atoms with E-state index in [4.69, 9.17) is 0 Å².